The maximum Gasteiger partial charge on any atom is 0.244 e. The fourth-order valence-corrected chi connectivity index (χ4v) is 7.08. The number of hydrogen-bond acceptors (Lipinski definition) is 5. The van der Waals surface area contributed by atoms with Crippen LogP contribution in [-0.4, -0.2) is 43.4 Å². The fourth-order valence-electron chi connectivity index (χ4n) is 2.63. The normalized spacial score (nSPS) is 23.1. The molecule has 1 aromatic rings. The third-order valence-corrected chi connectivity index (χ3v) is 8.69. The van der Waals surface area contributed by atoms with Crippen molar-refractivity contribution in [1.82, 2.24) is 9.62 Å². The molecule has 1 atom stereocenters. The molecule has 1 saturated heterocycles. The van der Waals surface area contributed by atoms with Gasteiger partial charge in [0.05, 0.1) is 0 Å². The van der Waals surface area contributed by atoms with Crippen molar-refractivity contribution < 1.29 is 8.42 Å². The van der Waals surface area contributed by atoms with Gasteiger partial charge in [0, 0.05) is 36.3 Å². The van der Waals surface area contributed by atoms with E-state index in [1.165, 1.54) is 12.8 Å². The molecule has 3 rings (SSSR count). The fraction of sp³-hybridized carbons (Fsp3) is 0.714. The highest BCUT2D eigenvalue weighted by Crippen LogP contribution is 2.33. The van der Waals surface area contributed by atoms with E-state index in [0.717, 1.165) is 28.4 Å². The molecule has 2 heterocycles. The lowest BCUT2D eigenvalue weighted by Gasteiger charge is -2.24. The Morgan fingerprint density at radius 1 is 1.38 bits per heavy atom. The van der Waals surface area contributed by atoms with Crippen molar-refractivity contribution in [2.45, 2.75) is 49.7 Å². The molecule has 1 aliphatic carbocycles. The third-order valence-electron chi connectivity index (χ3n) is 4.17. The lowest BCUT2D eigenvalue weighted by molar-refractivity contribution is 0.394. The van der Waals surface area contributed by atoms with Gasteiger partial charge in [-0.3, -0.25) is 0 Å². The second-order valence-corrected chi connectivity index (χ2v) is 9.91. The van der Waals surface area contributed by atoms with Crippen molar-refractivity contribution >= 4 is 33.1 Å². The summed E-state index contributed by atoms with van der Waals surface area (Å²) < 4.78 is 27.6. The summed E-state index contributed by atoms with van der Waals surface area (Å²) in [4.78, 5) is 1.50. The highest BCUT2D eigenvalue weighted by atomic mass is 32.2. The van der Waals surface area contributed by atoms with E-state index in [1.54, 1.807) is 22.7 Å². The van der Waals surface area contributed by atoms with E-state index in [1.807, 2.05) is 24.1 Å². The van der Waals surface area contributed by atoms with Gasteiger partial charge in [-0.15, -0.1) is 11.3 Å². The molecule has 21 heavy (non-hydrogen) atoms. The van der Waals surface area contributed by atoms with Crippen molar-refractivity contribution in [3.63, 3.8) is 0 Å². The SMILES string of the molecule is Cc1csc(CNC2CC2)c1S(=O)(=O)N(C)C1CCSC1. The lowest BCUT2D eigenvalue weighted by atomic mass is 10.3. The minimum absolute atomic E-state index is 0.142. The van der Waals surface area contributed by atoms with E-state index in [9.17, 15) is 8.42 Å². The predicted molar refractivity (Wildman–Crippen MR) is 89.6 cm³/mol. The number of nitrogens with zero attached hydrogens (tertiary/aromatic N) is 1. The first kappa shape index (κ1) is 15.8. The predicted octanol–water partition coefficient (Wildman–Crippen LogP) is 2.43. The minimum atomic E-state index is -3.38. The molecule has 1 unspecified atom stereocenters. The quantitative estimate of drug-likeness (QED) is 0.859. The zero-order valence-corrected chi connectivity index (χ0v) is 14.9. The number of nitrogens with one attached hydrogen (secondary N) is 1. The second kappa shape index (κ2) is 6.20. The molecule has 0 spiro atoms. The van der Waals surface area contributed by atoms with Crippen LogP contribution >= 0.6 is 23.1 Å². The molecule has 2 fully saturated rings. The number of sulfonamides is 1. The Morgan fingerprint density at radius 3 is 2.76 bits per heavy atom. The maximum atomic E-state index is 13.0. The first-order valence-corrected chi connectivity index (χ1v) is 10.8. The topological polar surface area (TPSA) is 49.4 Å². The van der Waals surface area contributed by atoms with Crippen LogP contribution in [0, 0.1) is 6.92 Å². The Hall–Kier alpha value is -0.0800. The van der Waals surface area contributed by atoms with Gasteiger partial charge >= 0.3 is 0 Å². The molecule has 1 aliphatic heterocycles. The van der Waals surface area contributed by atoms with Crippen LogP contribution in [-0.2, 0) is 16.6 Å². The monoisotopic (exact) mass is 346 g/mol. The average molecular weight is 347 g/mol. The van der Waals surface area contributed by atoms with Crippen LogP contribution in [0.2, 0.25) is 0 Å². The largest absolute Gasteiger partial charge is 0.309 e. The van der Waals surface area contributed by atoms with Crippen LogP contribution in [0.25, 0.3) is 0 Å². The van der Waals surface area contributed by atoms with Gasteiger partial charge in [-0.25, -0.2) is 8.42 Å². The highest BCUT2D eigenvalue weighted by molar-refractivity contribution is 7.99. The van der Waals surface area contributed by atoms with E-state index in [4.69, 9.17) is 0 Å². The molecule has 118 valence electrons. The van der Waals surface area contributed by atoms with Crippen molar-refractivity contribution in [3.8, 4) is 0 Å². The molecule has 4 nitrogen and oxygen atoms in total. The molecule has 0 radical (unpaired) electrons. The first-order valence-electron chi connectivity index (χ1n) is 7.36. The summed E-state index contributed by atoms with van der Waals surface area (Å²) in [6, 6.07) is 0.732. The van der Waals surface area contributed by atoms with Crippen LogP contribution in [0.4, 0.5) is 0 Å². The lowest BCUT2D eigenvalue weighted by Crippen LogP contribution is -2.37. The zero-order valence-electron chi connectivity index (χ0n) is 12.5. The number of hydrogen-bond donors (Lipinski definition) is 1. The molecule has 2 aliphatic rings. The van der Waals surface area contributed by atoms with Crippen molar-refractivity contribution in [2.75, 3.05) is 18.6 Å². The number of aryl methyl sites for hydroxylation is 1. The Morgan fingerprint density at radius 2 is 2.14 bits per heavy atom. The van der Waals surface area contributed by atoms with Gasteiger partial charge in [0.1, 0.15) is 4.90 Å². The molecule has 7 heteroatoms. The first-order chi connectivity index (χ1) is 10.00. The summed E-state index contributed by atoms with van der Waals surface area (Å²) in [6.45, 7) is 2.58. The third kappa shape index (κ3) is 3.32. The Kier molecular flexibility index (Phi) is 4.66. The summed E-state index contributed by atoms with van der Waals surface area (Å²) in [5, 5.41) is 5.40. The number of rotatable bonds is 6. The summed E-state index contributed by atoms with van der Waals surface area (Å²) >= 11 is 3.40. The van der Waals surface area contributed by atoms with Crippen LogP contribution in [0.3, 0.4) is 0 Å². The Bertz CT molecular complexity index is 602. The minimum Gasteiger partial charge on any atom is -0.309 e. The summed E-state index contributed by atoms with van der Waals surface area (Å²) in [5.74, 6) is 1.97. The molecular formula is C14H22N2O2S3. The molecular weight excluding hydrogens is 324 g/mol. The van der Waals surface area contributed by atoms with Crippen molar-refractivity contribution in [1.29, 1.82) is 0 Å². The average Bonchev–Trinajstić information content (AvgIpc) is 2.97. The van der Waals surface area contributed by atoms with Gasteiger partial charge in [0.2, 0.25) is 10.0 Å². The van der Waals surface area contributed by atoms with Gasteiger partial charge in [0.25, 0.3) is 0 Å². The van der Waals surface area contributed by atoms with Gasteiger partial charge in [0.15, 0.2) is 0 Å². The van der Waals surface area contributed by atoms with Crippen LogP contribution in [0.15, 0.2) is 10.3 Å². The van der Waals surface area contributed by atoms with Gasteiger partial charge in [-0.2, -0.15) is 16.1 Å². The Balaban J connectivity index is 1.84. The van der Waals surface area contributed by atoms with Crippen LogP contribution in [0.1, 0.15) is 29.7 Å². The summed E-state index contributed by atoms with van der Waals surface area (Å²) in [5.41, 5.74) is 0.880. The zero-order chi connectivity index (χ0) is 15.0. The maximum absolute atomic E-state index is 13.0. The molecule has 0 amide bonds. The molecule has 1 aromatic heterocycles. The molecule has 1 N–H and O–H groups in total. The van der Waals surface area contributed by atoms with E-state index >= 15 is 0 Å². The summed E-state index contributed by atoms with van der Waals surface area (Å²) in [6.07, 6.45) is 3.39. The molecule has 0 aromatic carbocycles. The number of thiophene rings is 1. The van der Waals surface area contributed by atoms with Crippen molar-refractivity contribution in [3.05, 3.63) is 15.8 Å². The van der Waals surface area contributed by atoms with Gasteiger partial charge in [-0.1, -0.05) is 0 Å². The molecule has 0 bridgehead atoms. The standard InChI is InChI=1S/C14H22N2O2S3/c1-10-8-20-13(7-15-11-3-4-11)14(10)21(17,18)16(2)12-5-6-19-9-12/h8,11-12,15H,3-7,9H2,1-2H3. The van der Waals surface area contributed by atoms with E-state index in [2.05, 4.69) is 5.32 Å². The van der Waals surface area contributed by atoms with Crippen molar-refractivity contribution in [2.24, 2.45) is 0 Å². The molecule has 1 saturated carbocycles. The van der Waals surface area contributed by atoms with E-state index in [0.29, 0.717) is 17.5 Å². The second-order valence-electron chi connectivity index (χ2n) is 5.86. The van der Waals surface area contributed by atoms with Crippen LogP contribution < -0.4 is 5.32 Å². The summed E-state index contributed by atoms with van der Waals surface area (Å²) in [7, 11) is -1.64. The van der Waals surface area contributed by atoms with Gasteiger partial charge in [-0.05, 0) is 42.9 Å². The Labute approximate surface area is 135 Å². The smallest absolute Gasteiger partial charge is 0.244 e. The van der Waals surface area contributed by atoms with Crippen LogP contribution in [0.5, 0.6) is 0 Å². The highest BCUT2D eigenvalue weighted by Gasteiger charge is 2.34. The number of thioether (sulfide) groups is 1. The van der Waals surface area contributed by atoms with Gasteiger partial charge < -0.3 is 5.32 Å². The van der Waals surface area contributed by atoms with E-state index in [-0.39, 0.29) is 6.04 Å². The van der Waals surface area contributed by atoms with E-state index < -0.39 is 10.0 Å².